The SMILES string of the molecule is CC(O)CC(C)O.CN1[CH-]N(c2[c-]cccc2)C=C1C1CCC(C)(C)CC1.[Ir+3].[c-]1ccccc1-c1nccc2ccccc12. The van der Waals surface area contributed by atoms with Gasteiger partial charge in [0.15, 0.2) is 0 Å². The van der Waals surface area contributed by atoms with Crippen LogP contribution in [0.4, 0.5) is 5.69 Å². The van der Waals surface area contributed by atoms with Gasteiger partial charge in [0.05, 0.1) is 12.2 Å². The smallest absolute Gasteiger partial charge is 0.508 e. The first-order chi connectivity index (χ1) is 20.6. The molecule has 0 amide bonds. The van der Waals surface area contributed by atoms with Crippen molar-refractivity contribution < 1.29 is 30.3 Å². The van der Waals surface area contributed by atoms with Crippen LogP contribution < -0.4 is 4.90 Å². The first-order valence-electron chi connectivity index (χ1n) is 15.3. The topological polar surface area (TPSA) is 59.8 Å². The minimum absolute atomic E-state index is 0. The molecule has 0 spiro atoms. The number of aromatic nitrogens is 1. The molecule has 1 aromatic heterocycles. The zero-order chi connectivity index (χ0) is 30.8. The van der Waals surface area contributed by atoms with Crippen LogP contribution in [0.1, 0.15) is 59.8 Å². The van der Waals surface area contributed by atoms with Crippen LogP contribution in [0.3, 0.4) is 0 Å². The molecule has 2 aliphatic rings. The van der Waals surface area contributed by atoms with Gasteiger partial charge in [0, 0.05) is 11.9 Å². The van der Waals surface area contributed by atoms with Gasteiger partial charge in [-0.1, -0.05) is 38.1 Å². The summed E-state index contributed by atoms with van der Waals surface area (Å²) in [7, 11) is 2.16. The number of aliphatic hydroxyl groups excluding tert-OH is 2. The van der Waals surface area contributed by atoms with Gasteiger partial charge in [-0.3, -0.25) is 0 Å². The molecule has 1 aliphatic heterocycles. The quantitative estimate of drug-likeness (QED) is 0.201. The van der Waals surface area contributed by atoms with Crippen LogP contribution in [-0.4, -0.2) is 39.4 Å². The number of hydrogen-bond acceptors (Lipinski definition) is 5. The summed E-state index contributed by atoms with van der Waals surface area (Å²) in [5.41, 5.74) is 5.14. The summed E-state index contributed by atoms with van der Waals surface area (Å²) in [6, 6.07) is 32.9. The van der Waals surface area contributed by atoms with Crippen molar-refractivity contribution in [1.29, 1.82) is 0 Å². The van der Waals surface area contributed by atoms with Crippen molar-refractivity contribution in [3.05, 3.63) is 116 Å². The maximum Gasteiger partial charge on any atom is 3.00 e. The number of allylic oxidation sites excluding steroid dienone is 1. The number of benzene rings is 3. The van der Waals surface area contributed by atoms with Gasteiger partial charge in [0.25, 0.3) is 0 Å². The second-order valence-electron chi connectivity index (χ2n) is 12.5. The van der Waals surface area contributed by atoms with Crippen LogP contribution in [0.5, 0.6) is 0 Å². The summed E-state index contributed by atoms with van der Waals surface area (Å²) in [5.74, 6) is 0.706. The molecule has 2 unspecified atom stereocenters. The maximum atomic E-state index is 8.56. The van der Waals surface area contributed by atoms with Crippen LogP contribution in [0.2, 0.25) is 0 Å². The number of fused-ring (bicyclic) bond motifs is 1. The Kier molecular flexibility index (Phi) is 13.6. The number of hydrogen-bond donors (Lipinski definition) is 2. The molecule has 1 fully saturated rings. The van der Waals surface area contributed by atoms with Gasteiger partial charge >= 0.3 is 20.1 Å². The van der Waals surface area contributed by atoms with Gasteiger partial charge in [0.2, 0.25) is 0 Å². The van der Waals surface area contributed by atoms with Gasteiger partial charge in [-0.05, 0) is 93.1 Å². The Hall–Kier alpha value is -3.02. The summed E-state index contributed by atoms with van der Waals surface area (Å²) in [6.07, 6.45) is 9.14. The Morgan fingerprint density at radius 2 is 1.55 bits per heavy atom. The minimum Gasteiger partial charge on any atom is -0.508 e. The third-order valence-electron chi connectivity index (χ3n) is 8.02. The van der Waals surface area contributed by atoms with Gasteiger partial charge in [0.1, 0.15) is 0 Å². The molecule has 5 nitrogen and oxygen atoms in total. The van der Waals surface area contributed by atoms with Crippen molar-refractivity contribution >= 4 is 16.5 Å². The van der Waals surface area contributed by atoms with Gasteiger partial charge < -0.3 is 25.0 Å². The Bertz CT molecular complexity index is 1420. The molecular formula is C38H46IrN3O2. The predicted molar refractivity (Wildman–Crippen MR) is 178 cm³/mol. The third-order valence-corrected chi connectivity index (χ3v) is 8.02. The summed E-state index contributed by atoms with van der Waals surface area (Å²) >= 11 is 0. The molecule has 3 aromatic carbocycles. The molecule has 6 rings (SSSR count). The van der Waals surface area contributed by atoms with Crippen LogP contribution in [0, 0.1) is 30.1 Å². The van der Waals surface area contributed by atoms with E-state index in [1.807, 2.05) is 60.8 Å². The molecule has 44 heavy (non-hydrogen) atoms. The van der Waals surface area contributed by atoms with E-state index in [1.165, 1.54) is 42.2 Å². The number of anilines is 1. The second-order valence-corrected chi connectivity index (χ2v) is 12.5. The molecule has 0 saturated heterocycles. The monoisotopic (exact) mass is 769 g/mol. The zero-order valence-electron chi connectivity index (χ0n) is 26.6. The fraction of sp³-hybridized carbons (Fsp3) is 0.368. The molecule has 2 atom stereocenters. The van der Waals surface area contributed by atoms with Crippen LogP contribution in [-0.2, 0) is 20.1 Å². The van der Waals surface area contributed by atoms with E-state index < -0.39 is 0 Å². The molecule has 2 heterocycles. The Balaban J connectivity index is 0.000000198. The van der Waals surface area contributed by atoms with Gasteiger partial charge in [-0.25, -0.2) is 0 Å². The summed E-state index contributed by atoms with van der Waals surface area (Å²) in [6.45, 7) is 10.3. The molecule has 0 bridgehead atoms. The van der Waals surface area contributed by atoms with E-state index >= 15 is 0 Å². The van der Waals surface area contributed by atoms with Crippen molar-refractivity contribution in [3.63, 3.8) is 0 Å². The molecule has 1 saturated carbocycles. The van der Waals surface area contributed by atoms with E-state index in [9.17, 15) is 0 Å². The van der Waals surface area contributed by atoms with Gasteiger partial charge in [-0.2, -0.15) is 37.0 Å². The van der Waals surface area contributed by atoms with E-state index in [-0.39, 0.29) is 32.3 Å². The Labute approximate surface area is 278 Å². The number of pyridine rings is 1. The fourth-order valence-electron chi connectivity index (χ4n) is 5.65. The number of rotatable bonds is 5. The fourth-order valence-corrected chi connectivity index (χ4v) is 5.65. The third kappa shape index (κ3) is 10.3. The maximum absolute atomic E-state index is 8.56. The normalized spacial score (nSPS) is 17.3. The zero-order valence-corrected chi connectivity index (χ0v) is 29.0. The average Bonchev–Trinajstić information content (AvgIpc) is 3.39. The summed E-state index contributed by atoms with van der Waals surface area (Å²) in [4.78, 5) is 8.92. The summed E-state index contributed by atoms with van der Waals surface area (Å²) in [5, 5.41) is 19.5. The molecular weight excluding hydrogens is 723 g/mol. The molecule has 4 aromatic rings. The molecule has 1 aliphatic carbocycles. The van der Waals surface area contributed by atoms with Crippen molar-refractivity contribution in [2.75, 3.05) is 11.9 Å². The Morgan fingerprint density at radius 3 is 2.14 bits per heavy atom. The van der Waals surface area contributed by atoms with Crippen LogP contribution in [0.25, 0.3) is 22.0 Å². The number of aliphatic hydroxyl groups is 2. The van der Waals surface area contributed by atoms with E-state index in [1.54, 1.807) is 13.8 Å². The Morgan fingerprint density at radius 1 is 0.909 bits per heavy atom. The first-order valence-corrected chi connectivity index (χ1v) is 15.3. The van der Waals surface area contributed by atoms with E-state index in [2.05, 4.69) is 84.9 Å². The van der Waals surface area contributed by atoms with Crippen LogP contribution in [0.15, 0.2) is 97.0 Å². The van der Waals surface area contributed by atoms with E-state index in [0.717, 1.165) is 16.9 Å². The molecule has 2 N–H and O–H groups in total. The number of nitrogens with zero attached hydrogens (tertiary/aromatic N) is 3. The molecule has 0 radical (unpaired) electrons. The van der Waals surface area contributed by atoms with Crippen LogP contribution >= 0.6 is 0 Å². The first kappa shape index (κ1) is 35.5. The van der Waals surface area contributed by atoms with E-state index in [0.29, 0.717) is 17.8 Å². The summed E-state index contributed by atoms with van der Waals surface area (Å²) < 4.78 is 0. The standard InChI is InChI=1S/C18H24N2.C15H10N.C5H12O2.Ir/c1-18(2)11-9-15(10-12-18)17-13-20(14-19(17)3)16-7-5-4-6-8-16;1-2-7-13(8-3-1)15-14-9-5-4-6-12(14)10-11-16-15;1-4(6)3-5(2)7;/h4-7,13-15H,9-12H2,1-3H3;1-7,9-11H;4-7H,3H2,1-2H3;/q-2;-1;;+3. The molecule has 234 valence electrons. The predicted octanol–water partition coefficient (Wildman–Crippen LogP) is 8.25. The van der Waals surface area contributed by atoms with Crippen molar-refractivity contribution in [2.45, 2.75) is 72.0 Å². The average molecular weight is 769 g/mol. The minimum atomic E-state index is -0.375. The largest absolute Gasteiger partial charge is 3.00 e. The van der Waals surface area contributed by atoms with Crippen molar-refractivity contribution in [1.82, 2.24) is 9.88 Å². The number of para-hydroxylation sites is 1. The van der Waals surface area contributed by atoms with Crippen molar-refractivity contribution in [3.8, 4) is 11.3 Å². The van der Waals surface area contributed by atoms with Crippen molar-refractivity contribution in [2.24, 2.45) is 11.3 Å². The van der Waals surface area contributed by atoms with Gasteiger partial charge in [-0.15, -0.1) is 41.6 Å². The molecule has 6 heteroatoms. The second kappa shape index (κ2) is 16.9. The van der Waals surface area contributed by atoms with E-state index in [4.69, 9.17) is 10.2 Å².